The highest BCUT2D eigenvalue weighted by Gasteiger charge is 2.14. The summed E-state index contributed by atoms with van der Waals surface area (Å²) in [4.78, 5) is 4.54. The number of fused-ring (bicyclic) bond motifs is 2. The van der Waals surface area contributed by atoms with Crippen LogP contribution in [0, 0.1) is 0 Å². The first-order chi connectivity index (χ1) is 10.3. The molecule has 2 aromatic carbocycles. The maximum Gasteiger partial charge on any atom is 0.219 e. The summed E-state index contributed by atoms with van der Waals surface area (Å²) in [6.07, 6.45) is 3.27. The second-order valence-electron chi connectivity index (χ2n) is 5.38. The lowest BCUT2D eigenvalue weighted by molar-refractivity contribution is 0.403. The van der Waals surface area contributed by atoms with Crippen molar-refractivity contribution < 1.29 is 9.84 Å². The van der Waals surface area contributed by atoms with E-state index in [2.05, 4.69) is 11.1 Å². The maximum absolute atomic E-state index is 10.1. The number of aryl methyl sites for hydroxylation is 2. The molecule has 1 aliphatic carbocycles. The SMILES string of the molecule is Oc1cc2ccccc2cc1Oc1ccc2c(n1)CCC2. The molecular formula is C18H15NO2. The van der Waals surface area contributed by atoms with Crippen LogP contribution in [0.2, 0.25) is 0 Å². The average molecular weight is 277 g/mol. The molecule has 3 nitrogen and oxygen atoms in total. The molecule has 1 N–H and O–H groups in total. The van der Waals surface area contributed by atoms with E-state index < -0.39 is 0 Å². The van der Waals surface area contributed by atoms with Gasteiger partial charge in [0.05, 0.1) is 0 Å². The van der Waals surface area contributed by atoms with Gasteiger partial charge in [0.25, 0.3) is 0 Å². The van der Waals surface area contributed by atoms with Crippen LogP contribution in [0.25, 0.3) is 10.8 Å². The molecule has 0 radical (unpaired) electrons. The van der Waals surface area contributed by atoms with Crippen LogP contribution in [-0.4, -0.2) is 10.1 Å². The van der Waals surface area contributed by atoms with Crippen molar-refractivity contribution >= 4 is 10.8 Å². The Kier molecular flexibility index (Phi) is 2.78. The summed E-state index contributed by atoms with van der Waals surface area (Å²) in [6.45, 7) is 0. The van der Waals surface area contributed by atoms with E-state index in [4.69, 9.17) is 4.74 Å². The molecule has 3 aromatic rings. The van der Waals surface area contributed by atoms with Gasteiger partial charge in [-0.05, 0) is 47.7 Å². The fourth-order valence-corrected chi connectivity index (χ4v) is 2.86. The third kappa shape index (κ3) is 2.21. The van der Waals surface area contributed by atoms with E-state index in [-0.39, 0.29) is 5.75 Å². The number of nitrogens with zero attached hydrogens (tertiary/aromatic N) is 1. The summed E-state index contributed by atoms with van der Waals surface area (Å²) >= 11 is 0. The lowest BCUT2D eigenvalue weighted by atomic mass is 10.1. The Balaban J connectivity index is 1.72. The van der Waals surface area contributed by atoms with Crippen LogP contribution in [0.3, 0.4) is 0 Å². The fraction of sp³-hybridized carbons (Fsp3) is 0.167. The molecule has 0 saturated carbocycles. The van der Waals surface area contributed by atoms with Gasteiger partial charge in [-0.2, -0.15) is 0 Å². The Morgan fingerprint density at radius 3 is 2.62 bits per heavy atom. The largest absolute Gasteiger partial charge is 0.504 e. The number of rotatable bonds is 2. The first kappa shape index (κ1) is 12.2. The molecule has 0 bridgehead atoms. The fourth-order valence-electron chi connectivity index (χ4n) is 2.86. The van der Waals surface area contributed by atoms with Gasteiger partial charge in [-0.3, -0.25) is 0 Å². The smallest absolute Gasteiger partial charge is 0.219 e. The number of phenolic OH excluding ortho intramolecular Hbond substituents is 1. The van der Waals surface area contributed by atoms with Crippen molar-refractivity contribution in [1.82, 2.24) is 4.98 Å². The zero-order valence-corrected chi connectivity index (χ0v) is 11.5. The second-order valence-corrected chi connectivity index (χ2v) is 5.38. The molecular weight excluding hydrogens is 262 g/mol. The lowest BCUT2D eigenvalue weighted by Crippen LogP contribution is -1.93. The third-order valence-electron chi connectivity index (χ3n) is 3.94. The molecule has 1 heterocycles. The third-order valence-corrected chi connectivity index (χ3v) is 3.94. The Morgan fingerprint density at radius 1 is 0.952 bits per heavy atom. The van der Waals surface area contributed by atoms with Gasteiger partial charge in [0, 0.05) is 11.8 Å². The first-order valence-corrected chi connectivity index (χ1v) is 7.18. The summed E-state index contributed by atoms with van der Waals surface area (Å²) < 4.78 is 5.78. The van der Waals surface area contributed by atoms with Crippen LogP contribution < -0.4 is 4.74 Å². The van der Waals surface area contributed by atoms with Gasteiger partial charge in [-0.25, -0.2) is 4.98 Å². The number of hydrogen-bond donors (Lipinski definition) is 1. The molecule has 0 aliphatic heterocycles. The minimum atomic E-state index is 0.135. The van der Waals surface area contributed by atoms with Crippen molar-refractivity contribution in [3.8, 4) is 17.4 Å². The molecule has 0 saturated heterocycles. The predicted molar refractivity (Wildman–Crippen MR) is 81.9 cm³/mol. The van der Waals surface area contributed by atoms with Gasteiger partial charge >= 0.3 is 0 Å². The molecule has 1 aromatic heterocycles. The highest BCUT2D eigenvalue weighted by molar-refractivity contribution is 5.86. The van der Waals surface area contributed by atoms with Crippen molar-refractivity contribution in [2.45, 2.75) is 19.3 Å². The van der Waals surface area contributed by atoms with Crippen molar-refractivity contribution in [2.75, 3.05) is 0 Å². The molecule has 0 amide bonds. The van der Waals surface area contributed by atoms with Crippen LogP contribution in [0.4, 0.5) is 0 Å². The molecule has 0 atom stereocenters. The van der Waals surface area contributed by atoms with Gasteiger partial charge in [0.2, 0.25) is 5.88 Å². The average Bonchev–Trinajstić information content (AvgIpc) is 2.95. The zero-order valence-electron chi connectivity index (χ0n) is 11.5. The molecule has 3 heteroatoms. The molecule has 1 aliphatic rings. The standard InChI is InChI=1S/C18H15NO2/c20-16-10-13-4-1-2-5-14(13)11-17(16)21-18-9-8-12-6-3-7-15(12)19-18/h1-2,4-5,8-11,20H,3,6-7H2. The summed E-state index contributed by atoms with van der Waals surface area (Å²) in [5, 5.41) is 12.1. The normalized spacial score (nSPS) is 13.3. The number of pyridine rings is 1. The zero-order chi connectivity index (χ0) is 14.2. The minimum absolute atomic E-state index is 0.135. The van der Waals surface area contributed by atoms with E-state index in [1.807, 2.05) is 36.4 Å². The number of benzene rings is 2. The van der Waals surface area contributed by atoms with Crippen LogP contribution in [0.1, 0.15) is 17.7 Å². The number of ether oxygens (including phenoxy) is 1. The molecule has 104 valence electrons. The van der Waals surface area contributed by atoms with E-state index in [0.717, 1.165) is 35.7 Å². The van der Waals surface area contributed by atoms with Crippen LogP contribution >= 0.6 is 0 Å². The van der Waals surface area contributed by atoms with Gasteiger partial charge < -0.3 is 9.84 Å². The van der Waals surface area contributed by atoms with E-state index in [1.54, 1.807) is 6.07 Å². The van der Waals surface area contributed by atoms with Gasteiger partial charge in [-0.15, -0.1) is 0 Å². The van der Waals surface area contributed by atoms with E-state index in [1.165, 1.54) is 5.56 Å². The minimum Gasteiger partial charge on any atom is -0.504 e. The first-order valence-electron chi connectivity index (χ1n) is 7.18. The molecule has 0 unspecified atom stereocenters. The quantitative estimate of drug-likeness (QED) is 0.762. The topological polar surface area (TPSA) is 42.4 Å². The van der Waals surface area contributed by atoms with Crippen LogP contribution in [0.15, 0.2) is 48.5 Å². The molecule has 0 spiro atoms. The monoisotopic (exact) mass is 277 g/mol. The number of hydrogen-bond acceptors (Lipinski definition) is 3. The lowest BCUT2D eigenvalue weighted by Gasteiger charge is -2.09. The van der Waals surface area contributed by atoms with Crippen molar-refractivity contribution in [3.05, 3.63) is 59.8 Å². The Morgan fingerprint density at radius 2 is 1.76 bits per heavy atom. The van der Waals surface area contributed by atoms with Gasteiger partial charge in [0.15, 0.2) is 11.5 Å². The highest BCUT2D eigenvalue weighted by atomic mass is 16.5. The maximum atomic E-state index is 10.1. The Labute approximate surface area is 122 Å². The number of phenols is 1. The summed E-state index contributed by atoms with van der Waals surface area (Å²) in [5.74, 6) is 1.12. The second kappa shape index (κ2) is 4.77. The molecule has 0 fully saturated rings. The Bertz CT molecular complexity index is 827. The Hall–Kier alpha value is -2.55. The summed E-state index contributed by atoms with van der Waals surface area (Å²) in [6, 6.07) is 15.4. The summed E-state index contributed by atoms with van der Waals surface area (Å²) in [5.41, 5.74) is 2.43. The van der Waals surface area contributed by atoms with Crippen LogP contribution in [-0.2, 0) is 12.8 Å². The van der Waals surface area contributed by atoms with Crippen molar-refractivity contribution in [3.63, 3.8) is 0 Å². The van der Waals surface area contributed by atoms with Crippen molar-refractivity contribution in [2.24, 2.45) is 0 Å². The van der Waals surface area contributed by atoms with Crippen molar-refractivity contribution in [1.29, 1.82) is 0 Å². The van der Waals surface area contributed by atoms with E-state index >= 15 is 0 Å². The molecule has 4 rings (SSSR count). The number of aromatic hydroxyl groups is 1. The van der Waals surface area contributed by atoms with E-state index in [0.29, 0.717) is 11.6 Å². The highest BCUT2D eigenvalue weighted by Crippen LogP contribution is 2.34. The van der Waals surface area contributed by atoms with Gasteiger partial charge in [0.1, 0.15) is 0 Å². The predicted octanol–water partition coefficient (Wildman–Crippen LogP) is 4.22. The van der Waals surface area contributed by atoms with Gasteiger partial charge in [-0.1, -0.05) is 30.3 Å². The number of aromatic nitrogens is 1. The van der Waals surface area contributed by atoms with Crippen LogP contribution in [0.5, 0.6) is 17.4 Å². The van der Waals surface area contributed by atoms with E-state index in [9.17, 15) is 5.11 Å². The summed E-state index contributed by atoms with van der Waals surface area (Å²) in [7, 11) is 0. The molecule has 21 heavy (non-hydrogen) atoms.